The molecule has 2 N–H and O–H groups in total. The Bertz CT molecular complexity index is 596. The van der Waals surface area contributed by atoms with E-state index < -0.39 is 11.9 Å². The van der Waals surface area contributed by atoms with Gasteiger partial charge in [0.2, 0.25) is 0 Å². The maximum absolute atomic E-state index is 11.9. The standard InChI is InChI=1S/C11H7Cl2N3O2S/c12-6-2-1-3-7(13)8(6)9(17)15-10(18)16-11-14-4-5-19-11/h1-5H,(H2,14,15,16,17,18). The molecule has 0 aliphatic carbocycles. The van der Waals surface area contributed by atoms with Crippen molar-refractivity contribution in [2.24, 2.45) is 0 Å². The van der Waals surface area contributed by atoms with E-state index in [4.69, 9.17) is 23.2 Å². The topological polar surface area (TPSA) is 71.1 Å². The summed E-state index contributed by atoms with van der Waals surface area (Å²) in [6, 6.07) is 3.94. The Morgan fingerprint density at radius 3 is 2.47 bits per heavy atom. The Hall–Kier alpha value is -1.63. The quantitative estimate of drug-likeness (QED) is 0.892. The second-order valence-corrected chi connectivity index (χ2v) is 5.05. The van der Waals surface area contributed by atoms with Crippen molar-refractivity contribution in [2.75, 3.05) is 5.32 Å². The Morgan fingerprint density at radius 2 is 1.89 bits per heavy atom. The van der Waals surface area contributed by atoms with Crippen molar-refractivity contribution in [2.45, 2.75) is 0 Å². The Kier molecular flexibility index (Phi) is 4.36. The van der Waals surface area contributed by atoms with Crippen molar-refractivity contribution in [3.8, 4) is 0 Å². The number of carbonyl (C=O) groups excluding carboxylic acids is 2. The summed E-state index contributed by atoms with van der Waals surface area (Å²) >= 11 is 13.0. The fourth-order valence-electron chi connectivity index (χ4n) is 1.29. The maximum Gasteiger partial charge on any atom is 0.327 e. The molecule has 0 fully saturated rings. The number of aromatic nitrogens is 1. The number of urea groups is 1. The van der Waals surface area contributed by atoms with Gasteiger partial charge in [0.1, 0.15) is 0 Å². The highest BCUT2D eigenvalue weighted by Gasteiger charge is 2.17. The first-order valence-electron chi connectivity index (χ1n) is 5.04. The smallest absolute Gasteiger partial charge is 0.283 e. The second kappa shape index (κ2) is 6.01. The lowest BCUT2D eigenvalue weighted by Gasteiger charge is -2.07. The Balaban J connectivity index is 2.07. The number of imide groups is 1. The van der Waals surface area contributed by atoms with Gasteiger partial charge in [-0.2, -0.15) is 0 Å². The van der Waals surface area contributed by atoms with Gasteiger partial charge in [0.25, 0.3) is 5.91 Å². The van der Waals surface area contributed by atoms with Gasteiger partial charge in [-0.15, -0.1) is 11.3 Å². The van der Waals surface area contributed by atoms with E-state index in [0.717, 1.165) is 0 Å². The van der Waals surface area contributed by atoms with Gasteiger partial charge in [0.15, 0.2) is 5.13 Å². The van der Waals surface area contributed by atoms with E-state index in [1.54, 1.807) is 11.4 Å². The minimum absolute atomic E-state index is 0.0557. The minimum atomic E-state index is -0.698. The molecule has 1 aromatic heterocycles. The molecule has 98 valence electrons. The van der Waals surface area contributed by atoms with Gasteiger partial charge >= 0.3 is 6.03 Å². The van der Waals surface area contributed by atoms with Crippen LogP contribution in [0.3, 0.4) is 0 Å². The molecule has 8 heteroatoms. The molecule has 0 unspecified atom stereocenters. The van der Waals surface area contributed by atoms with E-state index in [1.807, 2.05) is 0 Å². The van der Waals surface area contributed by atoms with Crippen molar-refractivity contribution >= 4 is 51.6 Å². The lowest BCUT2D eigenvalue weighted by molar-refractivity contribution is 0.0967. The molecule has 0 aliphatic heterocycles. The summed E-state index contributed by atoms with van der Waals surface area (Å²) in [5.41, 5.74) is 0.0557. The number of amides is 3. The molecule has 5 nitrogen and oxygen atoms in total. The second-order valence-electron chi connectivity index (χ2n) is 3.34. The van der Waals surface area contributed by atoms with Crippen molar-refractivity contribution in [3.63, 3.8) is 0 Å². The van der Waals surface area contributed by atoms with E-state index in [-0.39, 0.29) is 15.6 Å². The number of nitrogens with zero attached hydrogens (tertiary/aromatic N) is 1. The van der Waals surface area contributed by atoms with Crippen LogP contribution in [0, 0.1) is 0 Å². The van der Waals surface area contributed by atoms with Gasteiger partial charge in [0, 0.05) is 11.6 Å². The van der Waals surface area contributed by atoms with Gasteiger partial charge in [0.05, 0.1) is 15.6 Å². The van der Waals surface area contributed by atoms with Crippen LogP contribution in [0.5, 0.6) is 0 Å². The molecular formula is C11H7Cl2N3O2S. The number of halogens is 2. The van der Waals surface area contributed by atoms with Crippen LogP contribution < -0.4 is 10.6 Å². The zero-order valence-corrected chi connectivity index (χ0v) is 11.6. The number of anilines is 1. The molecule has 0 bridgehead atoms. The number of nitrogens with one attached hydrogen (secondary N) is 2. The summed E-state index contributed by atoms with van der Waals surface area (Å²) in [4.78, 5) is 27.3. The Morgan fingerprint density at radius 1 is 1.21 bits per heavy atom. The number of rotatable bonds is 2. The van der Waals surface area contributed by atoms with Gasteiger partial charge in [-0.1, -0.05) is 29.3 Å². The zero-order chi connectivity index (χ0) is 13.8. The lowest BCUT2D eigenvalue weighted by atomic mass is 10.2. The van der Waals surface area contributed by atoms with Gasteiger partial charge in [-0.3, -0.25) is 15.4 Å². The van der Waals surface area contributed by atoms with E-state index in [9.17, 15) is 9.59 Å². The zero-order valence-electron chi connectivity index (χ0n) is 9.31. The first-order chi connectivity index (χ1) is 9.08. The fraction of sp³-hybridized carbons (Fsp3) is 0. The molecule has 0 radical (unpaired) electrons. The summed E-state index contributed by atoms with van der Waals surface area (Å²) in [5.74, 6) is -0.676. The molecule has 1 heterocycles. The molecule has 0 atom stereocenters. The molecule has 2 rings (SSSR count). The highest BCUT2D eigenvalue weighted by Crippen LogP contribution is 2.23. The normalized spacial score (nSPS) is 10.0. The summed E-state index contributed by atoms with van der Waals surface area (Å²) in [7, 11) is 0. The van der Waals surface area contributed by atoms with Crippen LogP contribution >= 0.6 is 34.5 Å². The number of benzene rings is 1. The van der Waals surface area contributed by atoms with E-state index in [1.165, 1.54) is 29.7 Å². The van der Waals surface area contributed by atoms with Crippen molar-refractivity contribution in [1.29, 1.82) is 0 Å². The van der Waals surface area contributed by atoms with Crippen LogP contribution in [-0.2, 0) is 0 Å². The highest BCUT2D eigenvalue weighted by molar-refractivity contribution is 7.13. The maximum atomic E-state index is 11.9. The van der Waals surface area contributed by atoms with Crippen LogP contribution in [0.4, 0.5) is 9.93 Å². The van der Waals surface area contributed by atoms with Crippen LogP contribution in [-0.4, -0.2) is 16.9 Å². The average molecular weight is 316 g/mol. The Labute approximate surface area is 122 Å². The molecule has 19 heavy (non-hydrogen) atoms. The van der Waals surface area contributed by atoms with Crippen molar-refractivity contribution in [3.05, 3.63) is 45.4 Å². The molecular weight excluding hydrogens is 309 g/mol. The summed E-state index contributed by atoms with van der Waals surface area (Å²) < 4.78 is 0. The molecule has 1 aromatic carbocycles. The summed E-state index contributed by atoms with van der Waals surface area (Å²) in [5, 5.41) is 6.96. The number of hydrogen-bond acceptors (Lipinski definition) is 4. The van der Waals surface area contributed by atoms with Gasteiger partial charge in [-0.25, -0.2) is 9.78 Å². The molecule has 0 saturated carbocycles. The predicted octanol–water partition coefficient (Wildman–Crippen LogP) is 3.41. The third kappa shape index (κ3) is 3.44. The summed E-state index contributed by atoms with van der Waals surface area (Å²) in [6.45, 7) is 0. The number of carbonyl (C=O) groups is 2. The third-order valence-electron chi connectivity index (χ3n) is 2.07. The molecule has 3 amide bonds. The van der Waals surface area contributed by atoms with Gasteiger partial charge in [-0.05, 0) is 12.1 Å². The van der Waals surface area contributed by atoms with E-state index in [2.05, 4.69) is 15.6 Å². The first-order valence-corrected chi connectivity index (χ1v) is 6.67. The first kappa shape index (κ1) is 13.8. The number of thiazole rings is 1. The monoisotopic (exact) mass is 315 g/mol. The third-order valence-corrected chi connectivity index (χ3v) is 3.39. The molecule has 2 aromatic rings. The SMILES string of the molecule is O=C(NC(=O)c1c(Cl)cccc1Cl)Nc1nccs1. The van der Waals surface area contributed by atoms with Crippen LogP contribution in [0.15, 0.2) is 29.8 Å². The molecule has 0 saturated heterocycles. The van der Waals surface area contributed by atoms with Crippen LogP contribution in [0.1, 0.15) is 10.4 Å². The van der Waals surface area contributed by atoms with Gasteiger partial charge < -0.3 is 0 Å². The van der Waals surface area contributed by atoms with Crippen molar-refractivity contribution in [1.82, 2.24) is 10.3 Å². The highest BCUT2D eigenvalue weighted by atomic mass is 35.5. The van der Waals surface area contributed by atoms with E-state index in [0.29, 0.717) is 5.13 Å². The lowest BCUT2D eigenvalue weighted by Crippen LogP contribution is -2.34. The molecule has 0 spiro atoms. The van der Waals surface area contributed by atoms with Crippen molar-refractivity contribution < 1.29 is 9.59 Å². The minimum Gasteiger partial charge on any atom is -0.283 e. The number of hydrogen-bond donors (Lipinski definition) is 2. The van der Waals surface area contributed by atoms with Crippen LogP contribution in [0.25, 0.3) is 0 Å². The fourth-order valence-corrected chi connectivity index (χ4v) is 2.39. The summed E-state index contributed by atoms with van der Waals surface area (Å²) in [6.07, 6.45) is 1.53. The molecule has 0 aliphatic rings. The van der Waals surface area contributed by atoms with Crippen LogP contribution in [0.2, 0.25) is 10.0 Å². The van der Waals surface area contributed by atoms with E-state index >= 15 is 0 Å². The average Bonchev–Trinajstić information content (AvgIpc) is 2.81. The predicted molar refractivity (Wildman–Crippen MR) is 75.1 cm³/mol. The largest absolute Gasteiger partial charge is 0.327 e.